The zero-order valence-corrected chi connectivity index (χ0v) is 9.49. The third kappa shape index (κ3) is 3.53. The lowest BCUT2D eigenvalue weighted by atomic mass is 10.3. The van der Waals surface area contributed by atoms with Gasteiger partial charge in [0.15, 0.2) is 0 Å². The van der Waals surface area contributed by atoms with Crippen LogP contribution >= 0.6 is 0 Å². The molecule has 0 radical (unpaired) electrons. The molecule has 0 saturated heterocycles. The van der Waals surface area contributed by atoms with Crippen molar-refractivity contribution in [2.75, 3.05) is 0 Å². The molecule has 1 atom stereocenters. The second kappa shape index (κ2) is 4.63. The standard InChI is InChI=1S/C10H14O4S/c1-3-8(2)14-9-4-6-10(7-5-9)15(11,12)13/h4-8H,3H2,1-2H3,(H,11,12,13). The van der Waals surface area contributed by atoms with Crippen LogP contribution in [0.1, 0.15) is 20.3 Å². The average molecular weight is 230 g/mol. The van der Waals surface area contributed by atoms with Gasteiger partial charge in [-0.3, -0.25) is 4.55 Å². The van der Waals surface area contributed by atoms with Crippen molar-refractivity contribution in [3.05, 3.63) is 24.3 Å². The molecule has 1 aromatic carbocycles. The van der Waals surface area contributed by atoms with E-state index in [-0.39, 0.29) is 11.0 Å². The van der Waals surface area contributed by atoms with Crippen LogP contribution in [0.2, 0.25) is 0 Å². The zero-order chi connectivity index (χ0) is 11.5. The zero-order valence-electron chi connectivity index (χ0n) is 8.67. The summed E-state index contributed by atoms with van der Waals surface area (Å²) in [7, 11) is -4.11. The van der Waals surface area contributed by atoms with Crippen molar-refractivity contribution in [2.45, 2.75) is 31.3 Å². The third-order valence-electron chi connectivity index (χ3n) is 2.03. The highest BCUT2D eigenvalue weighted by Crippen LogP contribution is 2.17. The van der Waals surface area contributed by atoms with Gasteiger partial charge in [-0.1, -0.05) is 6.92 Å². The molecule has 15 heavy (non-hydrogen) atoms. The summed E-state index contributed by atoms with van der Waals surface area (Å²) in [6.45, 7) is 3.92. The van der Waals surface area contributed by atoms with Gasteiger partial charge in [-0.2, -0.15) is 8.42 Å². The van der Waals surface area contributed by atoms with E-state index in [1.807, 2.05) is 13.8 Å². The summed E-state index contributed by atoms with van der Waals surface area (Å²) in [5.74, 6) is 0.594. The van der Waals surface area contributed by atoms with E-state index in [1.165, 1.54) is 24.3 Å². The average Bonchev–Trinajstić information content (AvgIpc) is 2.17. The van der Waals surface area contributed by atoms with E-state index in [4.69, 9.17) is 9.29 Å². The molecule has 0 aliphatic carbocycles. The molecule has 0 fully saturated rings. The first-order valence-corrected chi connectivity index (χ1v) is 6.11. The fraction of sp³-hybridized carbons (Fsp3) is 0.400. The first kappa shape index (κ1) is 12.0. The van der Waals surface area contributed by atoms with Gasteiger partial charge < -0.3 is 4.74 Å². The quantitative estimate of drug-likeness (QED) is 0.805. The van der Waals surface area contributed by atoms with Crippen molar-refractivity contribution in [1.82, 2.24) is 0 Å². The van der Waals surface area contributed by atoms with E-state index < -0.39 is 10.1 Å². The molecule has 1 rings (SSSR count). The highest BCUT2D eigenvalue weighted by Gasteiger charge is 2.09. The summed E-state index contributed by atoms with van der Waals surface area (Å²) in [6.07, 6.45) is 0.960. The molecule has 0 spiro atoms. The van der Waals surface area contributed by atoms with Crippen molar-refractivity contribution in [3.63, 3.8) is 0 Å². The molecule has 0 aliphatic rings. The maximum Gasteiger partial charge on any atom is 0.294 e. The van der Waals surface area contributed by atoms with Gasteiger partial charge in [0.25, 0.3) is 10.1 Å². The Bertz CT molecular complexity index is 408. The van der Waals surface area contributed by atoms with Gasteiger partial charge in [-0.15, -0.1) is 0 Å². The van der Waals surface area contributed by atoms with Crippen molar-refractivity contribution >= 4 is 10.1 Å². The van der Waals surface area contributed by atoms with E-state index in [1.54, 1.807) is 0 Å². The largest absolute Gasteiger partial charge is 0.491 e. The van der Waals surface area contributed by atoms with Crippen LogP contribution in [0.3, 0.4) is 0 Å². The summed E-state index contributed by atoms with van der Waals surface area (Å²) < 4.78 is 35.7. The molecular weight excluding hydrogens is 216 g/mol. The number of hydrogen-bond acceptors (Lipinski definition) is 3. The molecule has 1 aromatic rings. The van der Waals surface area contributed by atoms with Gasteiger partial charge in [0.2, 0.25) is 0 Å². The lowest BCUT2D eigenvalue weighted by molar-refractivity contribution is 0.217. The highest BCUT2D eigenvalue weighted by molar-refractivity contribution is 7.85. The SMILES string of the molecule is CCC(C)Oc1ccc(S(=O)(=O)O)cc1. The van der Waals surface area contributed by atoms with Crippen molar-refractivity contribution in [1.29, 1.82) is 0 Å². The Labute approximate surface area is 89.6 Å². The first-order chi connectivity index (χ1) is 6.93. The number of benzene rings is 1. The molecule has 0 amide bonds. The predicted molar refractivity (Wildman–Crippen MR) is 56.6 cm³/mol. The number of rotatable bonds is 4. The van der Waals surface area contributed by atoms with Crippen LogP contribution in [0.5, 0.6) is 5.75 Å². The topological polar surface area (TPSA) is 63.6 Å². The molecule has 0 heterocycles. The Balaban J connectivity index is 2.82. The van der Waals surface area contributed by atoms with Crippen LogP contribution < -0.4 is 4.74 Å². The fourth-order valence-electron chi connectivity index (χ4n) is 1.01. The smallest absolute Gasteiger partial charge is 0.294 e. The van der Waals surface area contributed by atoms with Gasteiger partial charge in [-0.25, -0.2) is 0 Å². The molecule has 4 nitrogen and oxygen atoms in total. The number of ether oxygens (including phenoxy) is 1. The minimum atomic E-state index is -4.11. The Hall–Kier alpha value is -1.07. The lowest BCUT2D eigenvalue weighted by Gasteiger charge is -2.12. The monoisotopic (exact) mass is 230 g/mol. The van der Waals surface area contributed by atoms with Crippen molar-refractivity contribution in [2.24, 2.45) is 0 Å². The van der Waals surface area contributed by atoms with E-state index in [9.17, 15) is 8.42 Å². The molecule has 0 bridgehead atoms. The van der Waals surface area contributed by atoms with Gasteiger partial charge in [0.1, 0.15) is 5.75 Å². The van der Waals surface area contributed by atoms with E-state index in [2.05, 4.69) is 0 Å². The second-order valence-corrected chi connectivity index (χ2v) is 4.70. The van der Waals surface area contributed by atoms with Crippen LogP contribution in [0.25, 0.3) is 0 Å². The number of hydrogen-bond donors (Lipinski definition) is 1. The molecule has 0 aliphatic heterocycles. The summed E-state index contributed by atoms with van der Waals surface area (Å²) in [6, 6.07) is 5.67. The van der Waals surface area contributed by atoms with E-state index >= 15 is 0 Å². The Kier molecular flexibility index (Phi) is 3.71. The van der Waals surface area contributed by atoms with Crippen LogP contribution in [0.15, 0.2) is 29.2 Å². The molecule has 1 N–H and O–H groups in total. The summed E-state index contributed by atoms with van der Waals surface area (Å²) in [5.41, 5.74) is 0. The maximum atomic E-state index is 10.7. The Morgan fingerprint density at radius 1 is 1.33 bits per heavy atom. The summed E-state index contributed by atoms with van der Waals surface area (Å²) >= 11 is 0. The van der Waals surface area contributed by atoms with Gasteiger partial charge >= 0.3 is 0 Å². The van der Waals surface area contributed by atoms with Crippen molar-refractivity contribution < 1.29 is 17.7 Å². The van der Waals surface area contributed by atoms with Crippen LogP contribution in [-0.4, -0.2) is 19.1 Å². The first-order valence-electron chi connectivity index (χ1n) is 4.67. The Morgan fingerprint density at radius 3 is 2.27 bits per heavy atom. The van der Waals surface area contributed by atoms with Crippen LogP contribution in [0, 0.1) is 0 Å². The fourth-order valence-corrected chi connectivity index (χ4v) is 1.49. The predicted octanol–water partition coefficient (Wildman–Crippen LogP) is 2.11. The van der Waals surface area contributed by atoms with Crippen LogP contribution in [0.4, 0.5) is 0 Å². The highest BCUT2D eigenvalue weighted by atomic mass is 32.2. The normalized spacial score (nSPS) is 13.5. The van der Waals surface area contributed by atoms with E-state index in [0.29, 0.717) is 5.75 Å². The summed E-state index contributed by atoms with van der Waals surface area (Å²) in [4.78, 5) is -0.126. The maximum absolute atomic E-state index is 10.7. The lowest BCUT2D eigenvalue weighted by Crippen LogP contribution is -2.09. The minimum absolute atomic E-state index is 0.0848. The Morgan fingerprint density at radius 2 is 1.87 bits per heavy atom. The molecular formula is C10H14O4S. The van der Waals surface area contributed by atoms with Gasteiger partial charge in [0, 0.05) is 0 Å². The molecule has 0 saturated carbocycles. The minimum Gasteiger partial charge on any atom is -0.491 e. The molecule has 0 aromatic heterocycles. The van der Waals surface area contributed by atoms with E-state index in [0.717, 1.165) is 6.42 Å². The third-order valence-corrected chi connectivity index (χ3v) is 2.90. The molecule has 1 unspecified atom stereocenters. The van der Waals surface area contributed by atoms with Crippen molar-refractivity contribution in [3.8, 4) is 5.75 Å². The molecule has 5 heteroatoms. The second-order valence-electron chi connectivity index (χ2n) is 3.28. The summed E-state index contributed by atoms with van der Waals surface area (Å²) in [5, 5.41) is 0. The molecule has 84 valence electrons. The van der Waals surface area contributed by atoms with Gasteiger partial charge in [-0.05, 0) is 37.6 Å². The van der Waals surface area contributed by atoms with Gasteiger partial charge in [0.05, 0.1) is 11.0 Å². The van der Waals surface area contributed by atoms with Crippen LogP contribution in [-0.2, 0) is 10.1 Å².